The Balaban J connectivity index is 1.87. The summed E-state index contributed by atoms with van der Waals surface area (Å²) in [5.74, 6) is -0.502. The van der Waals surface area contributed by atoms with Crippen LogP contribution >= 0.6 is 0 Å². The zero-order chi connectivity index (χ0) is 18.3. The van der Waals surface area contributed by atoms with E-state index in [9.17, 15) is 9.59 Å². The van der Waals surface area contributed by atoms with Crippen molar-refractivity contribution in [2.45, 2.75) is 12.5 Å². The average molecular weight is 350 g/mol. The van der Waals surface area contributed by atoms with Crippen molar-refractivity contribution in [1.29, 1.82) is 0 Å². The molecule has 5 heteroatoms. The first-order valence-corrected chi connectivity index (χ1v) is 8.48. The quantitative estimate of drug-likeness (QED) is 0.475. The highest BCUT2D eigenvalue weighted by molar-refractivity contribution is 6.19. The van der Waals surface area contributed by atoms with Crippen LogP contribution in [0.25, 0.3) is 5.57 Å². The van der Waals surface area contributed by atoms with Gasteiger partial charge in [-0.15, -0.1) is 0 Å². The van der Waals surface area contributed by atoms with Gasteiger partial charge in [0.2, 0.25) is 0 Å². The molecule has 1 aliphatic heterocycles. The third-order valence-electron chi connectivity index (χ3n) is 4.81. The van der Waals surface area contributed by atoms with E-state index in [4.69, 9.17) is 14.2 Å². The molecular formula is C21H18O5. The van der Waals surface area contributed by atoms with Crippen LogP contribution in [-0.2, 0) is 19.1 Å². The van der Waals surface area contributed by atoms with Gasteiger partial charge in [0.25, 0.3) is 0 Å². The molecule has 0 radical (unpaired) electrons. The summed E-state index contributed by atoms with van der Waals surface area (Å²) in [6.45, 7) is 1.90. The van der Waals surface area contributed by atoms with Crippen LogP contribution in [0.3, 0.4) is 0 Å². The van der Waals surface area contributed by atoms with Gasteiger partial charge in [-0.25, -0.2) is 9.59 Å². The van der Waals surface area contributed by atoms with E-state index in [1.807, 2.05) is 48.6 Å². The Bertz CT molecular complexity index is 901. The fraction of sp³-hybridized carbons (Fsp3) is 0.238. The second kappa shape index (κ2) is 6.02. The van der Waals surface area contributed by atoms with Crippen LogP contribution in [0, 0.1) is 5.92 Å². The number of esters is 2. The second-order valence-electron chi connectivity index (χ2n) is 6.24. The van der Waals surface area contributed by atoms with Crippen molar-refractivity contribution < 1.29 is 23.8 Å². The van der Waals surface area contributed by atoms with Gasteiger partial charge in [-0.2, -0.15) is 0 Å². The number of carbonyl (C=O) groups excluding carboxylic acids is 2. The lowest BCUT2D eigenvalue weighted by molar-refractivity contribution is -0.146. The first-order chi connectivity index (χ1) is 12.6. The average Bonchev–Trinajstić information content (AvgIpc) is 2.76. The predicted octanol–water partition coefficient (Wildman–Crippen LogP) is 2.99. The summed E-state index contributed by atoms with van der Waals surface area (Å²) in [5.41, 5.74) is 1.13. The van der Waals surface area contributed by atoms with E-state index in [1.54, 1.807) is 20.1 Å². The van der Waals surface area contributed by atoms with Crippen molar-refractivity contribution in [3.8, 4) is 5.75 Å². The summed E-state index contributed by atoms with van der Waals surface area (Å²) < 4.78 is 16.1. The molecule has 3 aliphatic carbocycles. The third-order valence-corrected chi connectivity index (χ3v) is 4.81. The van der Waals surface area contributed by atoms with Gasteiger partial charge in [0.15, 0.2) is 11.2 Å². The zero-order valence-electron chi connectivity index (χ0n) is 14.5. The normalized spacial score (nSPS) is 25.5. The number of hydrogen-bond donors (Lipinski definition) is 0. The van der Waals surface area contributed by atoms with E-state index in [-0.39, 0.29) is 18.1 Å². The van der Waals surface area contributed by atoms with Crippen LogP contribution in [0.15, 0.2) is 65.8 Å². The van der Waals surface area contributed by atoms with Gasteiger partial charge in [0, 0.05) is 17.1 Å². The molecule has 0 amide bonds. The minimum absolute atomic E-state index is 0.0327. The molecule has 2 atom stereocenters. The molecule has 5 nitrogen and oxygen atoms in total. The Morgan fingerprint density at radius 1 is 1.23 bits per heavy atom. The van der Waals surface area contributed by atoms with E-state index in [2.05, 4.69) is 0 Å². The van der Waals surface area contributed by atoms with Gasteiger partial charge < -0.3 is 14.2 Å². The van der Waals surface area contributed by atoms with Crippen LogP contribution in [0.2, 0.25) is 0 Å². The molecule has 1 aromatic rings. The van der Waals surface area contributed by atoms with Crippen LogP contribution in [-0.4, -0.2) is 31.3 Å². The highest BCUT2D eigenvalue weighted by Gasteiger charge is 2.52. The molecule has 0 saturated heterocycles. The number of benzene rings is 1. The van der Waals surface area contributed by atoms with Gasteiger partial charge in [-0.1, -0.05) is 36.4 Å². The minimum Gasteiger partial charge on any atom is -0.497 e. The lowest BCUT2D eigenvalue weighted by atomic mass is 9.78. The van der Waals surface area contributed by atoms with Crippen molar-refractivity contribution in [2.24, 2.45) is 5.92 Å². The number of hydrogen-bond acceptors (Lipinski definition) is 5. The molecule has 2 bridgehead atoms. The zero-order valence-corrected chi connectivity index (χ0v) is 14.5. The Morgan fingerprint density at radius 2 is 2.00 bits per heavy atom. The first-order valence-electron chi connectivity index (χ1n) is 8.48. The number of rotatable bonds is 4. The van der Waals surface area contributed by atoms with E-state index < -0.39 is 17.5 Å². The summed E-state index contributed by atoms with van der Waals surface area (Å²) in [4.78, 5) is 24.9. The maximum atomic E-state index is 12.5. The monoisotopic (exact) mass is 350 g/mol. The number of allylic oxidation sites excluding steroid dienone is 3. The molecule has 0 aromatic heterocycles. The Labute approximate surface area is 151 Å². The number of ether oxygens (including phenoxy) is 3. The van der Waals surface area contributed by atoms with Crippen molar-refractivity contribution in [3.63, 3.8) is 0 Å². The molecular weight excluding hydrogens is 332 g/mol. The standard InChI is InChI=1S/C21H18O5/c1-3-25-19(22)18-16-9-4-13-10-11-21(16,26-20(18)23)17(12-13)14-5-7-15(24-2)8-6-14/h4-13H,3H2,1-2H3/t13-,21+/m0/s1. The molecule has 4 aliphatic rings. The molecule has 0 N–H and O–H groups in total. The van der Waals surface area contributed by atoms with Gasteiger partial charge in [-0.05, 0) is 30.7 Å². The summed E-state index contributed by atoms with van der Waals surface area (Å²) in [6, 6.07) is 7.55. The molecule has 1 spiro atoms. The Hall–Kier alpha value is -3.08. The van der Waals surface area contributed by atoms with Crippen LogP contribution in [0.5, 0.6) is 5.75 Å². The number of methoxy groups -OCH3 is 1. The Kier molecular flexibility index (Phi) is 3.80. The fourth-order valence-electron chi connectivity index (χ4n) is 3.59. The largest absolute Gasteiger partial charge is 0.497 e. The van der Waals surface area contributed by atoms with Crippen LogP contribution in [0.1, 0.15) is 12.5 Å². The predicted molar refractivity (Wildman–Crippen MR) is 95.2 cm³/mol. The number of carbonyl (C=O) groups is 2. The highest BCUT2D eigenvalue weighted by atomic mass is 16.6. The van der Waals surface area contributed by atoms with Gasteiger partial charge in [-0.3, -0.25) is 0 Å². The molecule has 132 valence electrons. The minimum atomic E-state index is -1.10. The third kappa shape index (κ3) is 2.31. The van der Waals surface area contributed by atoms with E-state index >= 15 is 0 Å². The topological polar surface area (TPSA) is 61.8 Å². The van der Waals surface area contributed by atoms with Crippen LogP contribution < -0.4 is 4.74 Å². The maximum Gasteiger partial charge on any atom is 0.347 e. The van der Waals surface area contributed by atoms with Gasteiger partial charge in [0.1, 0.15) is 5.75 Å². The summed E-state index contributed by atoms with van der Waals surface area (Å²) in [7, 11) is 1.61. The molecule has 0 fully saturated rings. The van der Waals surface area contributed by atoms with Crippen molar-refractivity contribution >= 4 is 17.5 Å². The molecule has 26 heavy (non-hydrogen) atoms. The summed E-state index contributed by atoms with van der Waals surface area (Å²) in [6.07, 6.45) is 9.63. The SMILES string of the molecule is CCOC(=O)C1=C2C=C[C@H]3C=C[C@]2(OC1=O)C(c1ccc(OC)cc1)=C3. The van der Waals surface area contributed by atoms with E-state index in [1.165, 1.54) is 0 Å². The van der Waals surface area contributed by atoms with Crippen LogP contribution in [0.4, 0.5) is 0 Å². The smallest absolute Gasteiger partial charge is 0.347 e. The Morgan fingerprint density at radius 3 is 2.69 bits per heavy atom. The van der Waals surface area contributed by atoms with E-state index in [0.29, 0.717) is 5.57 Å². The molecule has 1 heterocycles. The summed E-state index contributed by atoms with van der Waals surface area (Å²) in [5, 5.41) is 0. The molecule has 0 saturated carbocycles. The van der Waals surface area contributed by atoms with Crippen molar-refractivity contribution in [3.05, 3.63) is 71.4 Å². The lowest BCUT2D eigenvalue weighted by Crippen LogP contribution is -2.32. The van der Waals surface area contributed by atoms with Crippen molar-refractivity contribution in [2.75, 3.05) is 13.7 Å². The molecule has 0 unspecified atom stereocenters. The van der Waals surface area contributed by atoms with E-state index in [0.717, 1.165) is 16.9 Å². The van der Waals surface area contributed by atoms with Crippen molar-refractivity contribution in [1.82, 2.24) is 0 Å². The maximum absolute atomic E-state index is 12.5. The first kappa shape index (κ1) is 16.4. The van der Waals surface area contributed by atoms with Gasteiger partial charge >= 0.3 is 11.9 Å². The fourth-order valence-corrected chi connectivity index (χ4v) is 3.59. The second-order valence-corrected chi connectivity index (χ2v) is 6.24. The van der Waals surface area contributed by atoms with Gasteiger partial charge in [0.05, 0.1) is 13.7 Å². The lowest BCUT2D eigenvalue weighted by Gasteiger charge is -2.31. The highest BCUT2D eigenvalue weighted by Crippen LogP contribution is 2.50. The molecule has 1 aromatic carbocycles. The molecule has 5 rings (SSSR count). The summed E-state index contributed by atoms with van der Waals surface area (Å²) >= 11 is 0.